The Morgan fingerprint density at radius 3 is 2.62 bits per heavy atom. The minimum atomic E-state index is -0.230. The third-order valence-corrected chi connectivity index (χ3v) is 1.99. The van der Waals surface area contributed by atoms with Crippen LogP contribution in [0.25, 0.3) is 0 Å². The Bertz CT molecular complexity index is 337. The molecule has 0 amide bonds. The summed E-state index contributed by atoms with van der Waals surface area (Å²) >= 11 is 0. The molecule has 88 valence electrons. The summed E-state index contributed by atoms with van der Waals surface area (Å²) in [4.78, 5) is 0. The first kappa shape index (κ1) is 12.3. The molecule has 0 unspecified atom stereocenters. The molecule has 16 heavy (non-hydrogen) atoms. The van der Waals surface area contributed by atoms with Gasteiger partial charge >= 0.3 is 0 Å². The number of hydrogen-bond donors (Lipinski definition) is 4. The highest BCUT2D eigenvalue weighted by atomic mass is 16.5. The predicted molar refractivity (Wildman–Crippen MR) is 61.7 cm³/mol. The molecule has 0 aromatic heterocycles. The molecule has 6 nitrogen and oxygen atoms in total. The van der Waals surface area contributed by atoms with Crippen molar-refractivity contribution in [2.45, 2.75) is 6.54 Å². The first-order chi connectivity index (χ1) is 7.80. The average molecular weight is 224 g/mol. The van der Waals surface area contributed by atoms with Gasteiger partial charge in [0, 0.05) is 6.54 Å². The molecule has 0 saturated carbocycles. The van der Waals surface area contributed by atoms with Gasteiger partial charge < -0.3 is 21.1 Å². The highest BCUT2D eigenvalue weighted by molar-refractivity contribution is 5.82. The summed E-state index contributed by atoms with van der Waals surface area (Å²) in [7, 11) is 1.63. The smallest absolute Gasteiger partial charge is 0.161 e. The molecule has 0 saturated heterocycles. The first-order valence-electron chi connectivity index (χ1n) is 4.79. The van der Waals surface area contributed by atoms with Gasteiger partial charge in [0.25, 0.3) is 0 Å². The summed E-state index contributed by atoms with van der Waals surface area (Å²) in [5, 5.41) is 12.1. The lowest BCUT2D eigenvalue weighted by molar-refractivity contribution is 0.349. The van der Waals surface area contributed by atoms with Crippen LogP contribution in [0.4, 0.5) is 0 Å². The van der Waals surface area contributed by atoms with Crippen molar-refractivity contribution in [3.05, 3.63) is 29.8 Å². The van der Waals surface area contributed by atoms with E-state index in [0.717, 1.165) is 11.3 Å². The number of ether oxygens (including phenoxy) is 1. The van der Waals surface area contributed by atoms with E-state index in [0.29, 0.717) is 6.54 Å². The molecule has 1 aromatic carbocycles. The van der Waals surface area contributed by atoms with Crippen molar-refractivity contribution >= 4 is 5.84 Å². The van der Waals surface area contributed by atoms with Crippen LogP contribution in [-0.2, 0) is 6.54 Å². The zero-order valence-corrected chi connectivity index (χ0v) is 9.10. The lowest BCUT2D eigenvalue weighted by Crippen LogP contribution is -2.39. The Labute approximate surface area is 94.1 Å². The van der Waals surface area contributed by atoms with E-state index in [4.69, 9.17) is 15.7 Å². The van der Waals surface area contributed by atoms with Crippen molar-refractivity contribution in [2.75, 3.05) is 13.7 Å². The van der Waals surface area contributed by atoms with Crippen LogP contribution in [0.1, 0.15) is 5.56 Å². The van der Waals surface area contributed by atoms with Crippen LogP contribution in [0.15, 0.2) is 29.4 Å². The molecule has 6 heteroatoms. The van der Waals surface area contributed by atoms with Crippen LogP contribution in [0.2, 0.25) is 0 Å². The first-order valence-corrected chi connectivity index (χ1v) is 4.79. The van der Waals surface area contributed by atoms with E-state index in [1.807, 2.05) is 24.3 Å². The second-order valence-electron chi connectivity index (χ2n) is 3.06. The van der Waals surface area contributed by atoms with Crippen LogP contribution < -0.4 is 21.4 Å². The van der Waals surface area contributed by atoms with Gasteiger partial charge in [-0.2, -0.15) is 5.10 Å². The fourth-order valence-electron chi connectivity index (χ4n) is 1.10. The second-order valence-corrected chi connectivity index (χ2v) is 3.06. The third-order valence-electron chi connectivity index (χ3n) is 1.99. The van der Waals surface area contributed by atoms with Crippen LogP contribution in [0.5, 0.6) is 5.75 Å². The maximum Gasteiger partial charge on any atom is 0.161 e. The number of benzene rings is 1. The van der Waals surface area contributed by atoms with Gasteiger partial charge in [0.05, 0.1) is 7.11 Å². The molecule has 1 aromatic rings. The maximum atomic E-state index is 8.76. The zero-order chi connectivity index (χ0) is 11.8. The summed E-state index contributed by atoms with van der Waals surface area (Å²) < 4.78 is 5.04. The molecule has 0 aliphatic carbocycles. The summed E-state index contributed by atoms with van der Waals surface area (Å²) in [6, 6.07) is 7.62. The maximum absolute atomic E-state index is 8.76. The largest absolute Gasteiger partial charge is 0.497 e. The topological polar surface area (TPSA) is 91.9 Å². The minimum Gasteiger partial charge on any atom is -0.497 e. The molecular formula is C10H16N4O2. The van der Waals surface area contributed by atoms with Crippen LogP contribution >= 0.6 is 0 Å². The number of aliphatic hydroxyl groups is 1. The number of hydrazine groups is 1. The molecule has 5 N–H and O–H groups in total. The fourth-order valence-corrected chi connectivity index (χ4v) is 1.10. The molecule has 0 atom stereocenters. The van der Waals surface area contributed by atoms with Gasteiger partial charge in [-0.1, -0.05) is 12.1 Å². The number of rotatable bonds is 5. The van der Waals surface area contributed by atoms with Crippen molar-refractivity contribution in [1.82, 2.24) is 10.9 Å². The van der Waals surface area contributed by atoms with E-state index < -0.39 is 0 Å². The Morgan fingerprint density at radius 1 is 1.44 bits per heavy atom. The number of aliphatic hydroxyl groups excluding tert-OH is 1. The Kier molecular flexibility index (Phi) is 5.10. The van der Waals surface area contributed by atoms with E-state index in [1.54, 1.807) is 7.11 Å². The van der Waals surface area contributed by atoms with Gasteiger partial charge in [0.2, 0.25) is 0 Å². The van der Waals surface area contributed by atoms with Crippen LogP contribution in [0.3, 0.4) is 0 Å². The van der Waals surface area contributed by atoms with Crippen molar-refractivity contribution in [2.24, 2.45) is 10.9 Å². The fraction of sp³-hybridized carbons (Fsp3) is 0.300. The van der Waals surface area contributed by atoms with Crippen LogP contribution in [-0.4, -0.2) is 24.7 Å². The molecule has 1 rings (SSSR count). The molecule has 0 spiro atoms. The summed E-state index contributed by atoms with van der Waals surface area (Å²) in [5.74, 6) is 6.11. The average Bonchev–Trinajstić information content (AvgIpc) is 2.35. The molecule has 0 aliphatic rings. The van der Waals surface area contributed by atoms with E-state index >= 15 is 0 Å². The molecule has 0 fully saturated rings. The summed E-state index contributed by atoms with van der Waals surface area (Å²) in [5.41, 5.74) is 6.64. The minimum absolute atomic E-state index is 0.230. The van der Waals surface area contributed by atoms with Gasteiger partial charge in [0.15, 0.2) is 5.84 Å². The standard InChI is InChI=1S/C10H16N4O2/c1-16-9-4-2-8(3-5-9)6-12-14-10(7-15)13-11/h2-5,12,15H,6-7,11H2,1H3,(H,13,14). The lowest BCUT2D eigenvalue weighted by Gasteiger charge is -2.08. The van der Waals surface area contributed by atoms with Gasteiger partial charge in [-0.15, -0.1) is 0 Å². The highest BCUT2D eigenvalue weighted by Gasteiger charge is 1.96. The molecule has 0 heterocycles. The number of hydrazone groups is 1. The molecule has 0 aliphatic heterocycles. The number of nitrogens with one attached hydrogen (secondary N) is 2. The van der Waals surface area contributed by atoms with Gasteiger partial charge in [0.1, 0.15) is 12.4 Å². The van der Waals surface area contributed by atoms with E-state index in [2.05, 4.69) is 16.0 Å². The number of hydrogen-bond acceptors (Lipinski definition) is 5. The van der Waals surface area contributed by atoms with Gasteiger partial charge in [-0.25, -0.2) is 5.43 Å². The highest BCUT2D eigenvalue weighted by Crippen LogP contribution is 2.10. The number of nitrogens with zero attached hydrogens (tertiary/aromatic N) is 1. The summed E-state index contributed by atoms with van der Waals surface area (Å²) in [6.45, 7) is 0.356. The quantitative estimate of drug-likeness (QED) is 0.235. The van der Waals surface area contributed by atoms with E-state index in [-0.39, 0.29) is 12.4 Å². The normalized spacial score (nSPS) is 11.2. The van der Waals surface area contributed by atoms with Crippen molar-refractivity contribution in [3.8, 4) is 5.75 Å². The number of nitrogens with two attached hydrogens (primary N) is 1. The third kappa shape index (κ3) is 3.76. The summed E-state index contributed by atoms with van der Waals surface area (Å²) in [6.07, 6.45) is 0. The van der Waals surface area contributed by atoms with E-state index in [9.17, 15) is 0 Å². The second kappa shape index (κ2) is 6.65. The van der Waals surface area contributed by atoms with Crippen LogP contribution in [0, 0.1) is 0 Å². The molecular weight excluding hydrogens is 208 g/mol. The Balaban J connectivity index is 2.37. The lowest BCUT2D eigenvalue weighted by atomic mass is 10.2. The monoisotopic (exact) mass is 224 g/mol. The van der Waals surface area contributed by atoms with Gasteiger partial charge in [-0.05, 0) is 17.7 Å². The van der Waals surface area contributed by atoms with Crippen molar-refractivity contribution < 1.29 is 9.84 Å². The molecule has 0 bridgehead atoms. The Hall–Kier alpha value is -1.79. The van der Waals surface area contributed by atoms with Crippen molar-refractivity contribution in [1.29, 1.82) is 0 Å². The number of amidine groups is 1. The van der Waals surface area contributed by atoms with Gasteiger partial charge in [-0.3, -0.25) is 0 Å². The molecule has 0 radical (unpaired) electrons. The SMILES string of the molecule is COc1ccc(CNNC(CO)=NN)cc1. The predicted octanol–water partition coefficient (Wildman–Crippen LogP) is -0.446. The van der Waals surface area contributed by atoms with Crippen molar-refractivity contribution in [3.63, 3.8) is 0 Å². The van der Waals surface area contributed by atoms with E-state index in [1.165, 1.54) is 0 Å². The Morgan fingerprint density at radius 2 is 2.12 bits per heavy atom. The zero-order valence-electron chi connectivity index (χ0n) is 9.10. The number of methoxy groups -OCH3 is 1.